The number of anilines is 1. The van der Waals surface area contributed by atoms with E-state index in [4.69, 9.17) is 0 Å². The molecule has 0 heterocycles. The SMILES string of the molecule is CCN(CC)S(=O)(=O)c1cc(NC(=O)C[NH+](C)CC(=O)N(C)C)ccc1C. The minimum absolute atomic E-state index is 0.0664. The first kappa shape index (κ1) is 23.1. The Kier molecular flexibility index (Phi) is 8.39. The lowest BCUT2D eigenvalue weighted by atomic mass is 10.2. The Balaban J connectivity index is 2.91. The molecule has 1 aromatic rings. The summed E-state index contributed by atoms with van der Waals surface area (Å²) in [6, 6.07) is 4.84. The van der Waals surface area contributed by atoms with Crippen molar-refractivity contribution < 1.29 is 22.9 Å². The summed E-state index contributed by atoms with van der Waals surface area (Å²) < 4.78 is 26.9. The Bertz CT molecular complexity index is 774. The molecule has 1 rings (SSSR count). The minimum atomic E-state index is -3.61. The Labute approximate surface area is 162 Å². The fourth-order valence-corrected chi connectivity index (χ4v) is 4.33. The van der Waals surface area contributed by atoms with E-state index in [1.54, 1.807) is 54.0 Å². The maximum atomic E-state index is 12.8. The van der Waals surface area contributed by atoms with Crippen LogP contribution in [-0.4, -0.2) is 76.8 Å². The highest BCUT2D eigenvalue weighted by molar-refractivity contribution is 7.89. The first-order valence-corrected chi connectivity index (χ1v) is 10.4. The molecule has 0 aliphatic heterocycles. The molecule has 1 aromatic carbocycles. The van der Waals surface area contributed by atoms with Crippen LogP contribution in [0.5, 0.6) is 0 Å². The van der Waals surface area contributed by atoms with Crippen LogP contribution in [0.3, 0.4) is 0 Å². The molecular weight excluding hydrogens is 368 g/mol. The molecule has 0 saturated heterocycles. The molecule has 152 valence electrons. The van der Waals surface area contributed by atoms with E-state index in [9.17, 15) is 18.0 Å². The molecular formula is C18H31N4O4S+. The van der Waals surface area contributed by atoms with Crippen LogP contribution in [0.25, 0.3) is 0 Å². The van der Waals surface area contributed by atoms with Gasteiger partial charge in [0, 0.05) is 32.9 Å². The summed E-state index contributed by atoms with van der Waals surface area (Å²) in [4.78, 5) is 26.4. The molecule has 1 atom stereocenters. The standard InChI is InChI=1S/C18H30N4O4S/c1-7-22(8-2)27(25,26)16-11-15(10-9-14(16)3)19-17(23)12-21(6)13-18(24)20(4)5/h9-11H,7-8,12-13H2,1-6H3,(H,19,23)/p+1. The van der Waals surface area contributed by atoms with Crippen LogP contribution in [0.2, 0.25) is 0 Å². The zero-order valence-corrected chi connectivity index (χ0v) is 17.8. The van der Waals surface area contributed by atoms with Crippen LogP contribution in [0.15, 0.2) is 23.1 Å². The largest absolute Gasteiger partial charge is 0.344 e. The second-order valence-electron chi connectivity index (χ2n) is 6.72. The zero-order chi connectivity index (χ0) is 20.8. The van der Waals surface area contributed by atoms with Crippen LogP contribution in [-0.2, 0) is 19.6 Å². The van der Waals surface area contributed by atoms with Gasteiger partial charge in [0.15, 0.2) is 13.1 Å². The number of hydrogen-bond donors (Lipinski definition) is 2. The third-order valence-corrected chi connectivity index (χ3v) is 6.40. The van der Waals surface area contributed by atoms with Gasteiger partial charge in [0.05, 0.1) is 11.9 Å². The molecule has 0 aromatic heterocycles. The Morgan fingerprint density at radius 2 is 1.70 bits per heavy atom. The number of carbonyl (C=O) groups is 2. The highest BCUT2D eigenvalue weighted by Gasteiger charge is 2.24. The van der Waals surface area contributed by atoms with Crippen molar-refractivity contribution in [1.29, 1.82) is 0 Å². The lowest BCUT2D eigenvalue weighted by molar-refractivity contribution is -0.862. The number of sulfonamides is 1. The summed E-state index contributed by atoms with van der Waals surface area (Å²) >= 11 is 0. The first-order chi connectivity index (χ1) is 12.5. The van der Waals surface area contributed by atoms with E-state index in [2.05, 4.69) is 5.32 Å². The Hall–Kier alpha value is -1.97. The maximum Gasteiger partial charge on any atom is 0.279 e. The first-order valence-electron chi connectivity index (χ1n) is 8.95. The van der Waals surface area contributed by atoms with E-state index >= 15 is 0 Å². The Morgan fingerprint density at radius 1 is 1.11 bits per heavy atom. The zero-order valence-electron chi connectivity index (χ0n) is 17.0. The van der Waals surface area contributed by atoms with Crippen molar-refractivity contribution in [2.45, 2.75) is 25.7 Å². The number of amides is 2. The second-order valence-corrected chi connectivity index (χ2v) is 8.62. The topological polar surface area (TPSA) is 91.2 Å². The van der Waals surface area contributed by atoms with Crippen LogP contribution < -0.4 is 10.2 Å². The highest BCUT2D eigenvalue weighted by Crippen LogP contribution is 2.23. The Morgan fingerprint density at radius 3 is 2.22 bits per heavy atom. The van der Waals surface area contributed by atoms with E-state index in [0.717, 1.165) is 4.90 Å². The summed E-state index contributed by atoms with van der Waals surface area (Å²) in [7, 11) is 1.48. The van der Waals surface area contributed by atoms with E-state index in [-0.39, 0.29) is 29.8 Å². The van der Waals surface area contributed by atoms with Crippen LogP contribution >= 0.6 is 0 Å². The predicted octanol–water partition coefficient (Wildman–Crippen LogP) is -0.433. The average molecular weight is 400 g/mol. The van der Waals surface area contributed by atoms with E-state index in [1.165, 1.54) is 15.3 Å². The van der Waals surface area contributed by atoms with Gasteiger partial charge >= 0.3 is 0 Å². The molecule has 1 unspecified atom stereocenters. The highest BCUT2D eigenvalue weighted by atomic mass is 32.2. The van der Waals surface area contributed by atoms with E-state index in [0.29, 0.717) is 24.3 Å². The molecule has 0 aliphatic rings. The molecule has 27 heavy (non-hydrogen) atoms. The van der Waals surface area contributed by atoms with Gasteiger partial charge in [-0.3, -0.25) is 9.59 Å². The summed E-state index contributed by atoms with van der Waals surface area (Å²) in [5, 5.41) is 2.72. The summed E-state index contributed by atoms with van der Waals surface area (Å²) in [6.45, 7) is 6.37. The summed E-state index contributed by atoms with van der Waals surface area (Å²) in [5.41, 5.74) is 1.04. The van der Waals surface area contributed by atoms with Gasteiger partial charge in [-0.1, -0.05) is 19.9 Å². The molecule has 2 amide bonds. The van der Waals surface area contributed by atoms with Crippen molar-refractivity contribution >= 4 is 27.5 Å². The smallest absolute Gasteiger partial charge is 0.279 e. The number of hydrogen-bond acceptors (Lipinski definition) is 4. The quantitative estimate of drug-likeness (QED) is 0.589. The summed E-state index contributed by atoms with van der Waals surface area (Å²) in [5.74, 6) is -0.350. The number of nitrogens with zero attached hydrogens (tertiary/aromatic N) is 2. The molecule has 0 aliphatic carbocycles. The molecule has 0 radical (unpaired) electrons. The van der Waals surface area contributed by atoms with Crippen molar-refractivity contribution in [2.24, 2.45) is 0 Å². The van der Waals surface area contributed by atoms with Gasteiger partial charge in [0.1, 0.15) is 0 Å². The van der Waals surface area contributed by atoms with Crippen molar-refractivity contribution in [3.63, 3.8) is 0 Å². The van der Waals surface area contributed by atoms with E-state index < -0.39 is 10.0 Å². The summed E-state index contributed by atoms with van der Waals surface area (Å²) in [6.07, 6.45) is 0. The van der Waals surface area contributed by atoms with Gasteiger partial charge in [-0.25, -0.2) is 8.42 Å². The lowest BCUT2D eigenvalue weighted by Gasteiger charge is -2.20. The van der Waals surface area contributed by atoms with Crippen molar-refractivity contribution in [1.82, 2.24) is 9.21 Å². The number of carbonyl (C=O) groups excluding carboxylic acids is 2. The van der Waals surface area contributed by atoms with Crippen molar-refractivity contribution in [2.75, 3.05) is 52.6 Å². The third-order valence-electron chi connectivity index (χ3n) is 4.21. The minimum Gasteiger partial charge on any atom is -0.344 e. The molecule has 9 heteroatoms. The molecule has 2 N–H and O–H groups in total. The second kappa shape index (κ2) is 9.82. The van der Waals surface area contributed by atoms with Gasteiger partial charge in [0.25, 0.3) is 11.8 Å². The number of benzene rings is 1. The fourth-order valence-electron chi connectivity index (χ4n) is 2.62. The van der Waals surface area contributed by atoms with Crippen LogP contribution in [0.4, 0.5) is 5.69 Å². The molecule has 0 fully saturated rings. The number of nitrogens with one attached hydrogen (secondary N) is 2. The van der Waals surface area contributed by atoms with Gasteiger partial charge in [-0.15, -0.1) is 0 Å². The van der Waals surface area contributed by atoms with Crippen LogP contribution in [0, 0.1) is 6.92 Å². The molecule has 0 saturated carbocycles. The third kappa shape index (κ3) is 6.30. The van der Waals surface area contributed by atoms with Gasteiger partial charge in [-0.05, 0) is 24.6 Å². The molecule has 8 nitrogen and oxygen atoms in total. The van der Waals surface area contributed by atoms with Crippen molar-refractivity contribution in [3.05, 3.63) is 23.8 Å². The van der Waals surface area contributed by atoms with Gasteiger partial charge in [0.2, 0.25) is 10.0 Å². The monoisotopic (exact) mass is 399 g/mol. The predicted molar refractivity (Wildman–Crippen MR) is 105 cm³/mol. The van der Waals surface area contributed by atoms with E-state index in [1.807, 2.05) is 0 Å². The fraction of sp³-hybridized carbons (Fsp3) is 0.556. The molecule has 0 spiro atoms. The van der Waals surface area contributed by atoms with Crippen molar-refractivity contribution in [3.8, 4) is 0 Å². The van der Waals surface area contributed by atoms with Gasteiger partial charge < -0.3 is 15.1 Å². The maximum absolute atomic E-state index is 12.8. The van der Waals surface area contributed by atoms with Crippen LogP contribution in [0.1, 0.15) is 19.4 Å². The number of quaternary nitrogens is 1. The number of likely N-dealkylation sites (N-methyl/N-ethyl adjacent to an activating group) is 2. The lowest BCUT2D eigenvalue weighted by Crippen LogP contribution is -3.11. The molecule has 0 bridgehead atoms. The normalized spacial score (nSPS) is 12.7. The number of aryl methyl sites for hydroxylation is 1. The van der Waals surface area contributed by atoms with Gasteiger partial charge in [-0.2, -0.15) is 4.31 Å². The average Bonchev–Trinajstić information content (AvgIpc) is 2.56. The number of rotatable bonds is 9.